The van der Waals surface area contributed by atoms with Crippen LogP contribution in [0.5, 0.6) is 0 Å². The van der Waals surface area contributed by atoms with Gasteiger partial charge in [-0.15, -0.1) is 0 Å². The van der Waals surface area contributed by atoms with Gasteiger partial charge in [0.25, 0.3) is 0 Å². The van der Waals surface area contributed by atoms with E-state index in [1.54, 1.807) is 7.11 Å². The first-order chi connectivity index (χ1) is 11.8. The lowest BCUT2D eigenvalue weighted by Gasteiger charge is -2.50. The van der Waals surface area contributed by atoms with Crippen LogP contribution in [0.25, 0.3) is 5.69 Å². The number of hydrogen-bond acceptors (Lipinski definition) is 4. The van der Waals surface area contributed by atoms with E-state index in [4.69, 9.17) is 4.74 Å². The first kappa shape index (κ1) is 18.1. The predicted octanol–water partition coefficient (Wildman–Crippen LogP) is 2.79. The van der Waals surface area contributed by atoms with Crippen LogP contribution in [0.4, 0.5) is 0 Å². The van der Waals surface area contributed by atoms with Gasteiger partial charge in [0.1, 0.15) is 0 Å². The number of likely N-dealkylation sites (tertiary alicyclic amines) is 1. The molecule has 0 bridgehead atoms. The lowest BCUT2D eigenvalue weighted by molar-refractivity contribution is -0.151. The van der Waals surface area contributed by atoms with Crippen LogP contribution in [0.1, 0.15) is 31.4 Å². The first-order valence-corrected chi connectivity index (χ1v) is 8.87. The number of benzene rings is 1. The molecular weight excluding hydrogens is 314 g/mol. The minimum absolute atomic E-state index is 0.214. The highest BCUT2D eigenvalue weighted by atomic mass is 16.5. The molecule has 1 aliphatic rings. The number of nitrogens with zero attached hydrogens (tertiary/aromatic N) is 3. The smallest absolute Gasteiger partial charge is 0.0954 e. The maximum atomic E-state index is 10.9. The number of ether oxygens (including phenoxy) is 1. The molecule has 0 unspecified atom stereocenters. The summed E-state index contributed by atoms with van der Waals surface area (Å²) in [6.07, 6.45) is 4.75. The quantitative estimate of drug-likeness (QED) is 0.907. The molecule has 3 rings (SSSR count). The van der Waals surface area contributed by atoms with Crippen LogP contribution in [-0.4, -0.2) is 52.2 Å². The molecule has 0 radical (unpaired) electrons. The van der Waals surface area contributed by atoms with Crippen LogP contribution < -0.4 is 0 Å². The number of aliphatic hydroxyl groups is 1. The van der Waals surface area contributed by atoms with Gasteiger partial charge in [0.05, 0.1) is 24.1 Å². The molecule has 0 saturated carbocycles. The van der Waals surface area contributed by atoms with E-state index in [2.05, 4.69) is 61.2 Å². The molecule has 1 saturated heterocycles. The third kappa shape index (κ3) is 3.78. The molecule has 1 aliphatic heterocycles. The van der Waals surface area contributed by atoms with Crippen LogP contribution >= 0.6 is 0 Å². The number of methoxy groups -OCH3 is 1. The van der Waals surface area contributed by atoms with E-state index in [0.29, 0.717) is 6.61 Å². The fourth-order valence-corrected chi connectivity index (χ4v) is 3.72. The molecule has 2 heterocycles. The van der Waals surface area contributed by atoms with Crippen molar-refractivity contribution in [3.05, 3.63) is 47.8 Å². The number of rotatable bonds is 5. The van der Waals surface area contributed by atoms with Crippen molar-refractivity contribution in [2.75, 3.05) is 26.8 Å². The number of hydrogen-bond donors (Lipinski definition) is 1. The number of aryl methyl sites for hydroxylation is 1. The normalized spacial score (nSPS) is 23.7. The van der Waals surface area contributed by atoms with Crippen LogP contribution in [0.2, 0.25) is 0 Å². The number of piperidine rings is 1. The minimum atomic E-state index is -0.760. The van der Waals surface area contributed by atoms with E-state index >= 15 is 0 Å². The summed E-state index contributed by atoms with van der Waals surface area (Å²) in [6, 6.07) is 8.34. The summed E-state index contributed by atoms with van der Waals surface area (Å²) in [5.41, 5.74) is 2.52. The van der Waals surface area contributed by atoms with Gasteiger partial charge in [-0.05, 0) is 31.0 Å². The Hall–Kier alpha value is -1.69. The minimum Gasteiger partial charge on any atom is -0.387 e. The second-order valence-electron chi connectivity index (χ2n) is 7.94. The lowest BCUT2D eigenvalue weighted by atomic mass is 9.70. The molecular formula is C20H29N3O2. The average Bonchev–Trinajstić information content (AvgIpc) is 3.00. The van der Waals surface area contributed by atoms with Crippen molar-refractivity contribution < 1.29 is 9.84 Å². The molecule has 1 N–H and O–H groups in total. The maximum Gasteiger partial charge on any atom is 0.0954 e. The largest absolute Gasteiger partial charge is 0.387 e. The zero-order valence-corrected chi connectivity index (χ0v) is 15.7. The fourth-order valence-electron chi connectivity index (χ4n) is 3.72. The van der Waals surface area contributed by atoms with E-state index < -0.39 is 5.60 Å². The summed E-state index contributed by atoms with van der Waals surface area (Å²) in [6.45, 7) is 9.26. The molecule has 1 aromatic carbocycles. The zero-order chi connectivity index (χ0) is 18.1. The average molecular weight is 343 g/mol. The summed E-state index contributed by atoms with van der Waals surface area (Å²) in [5, 5.41) is 15.4. The number of aromatic nitrogens is 2. The Morgan fingerprint density at radius 2 is 2.12 bits per heavy atom. The SMILES string of the molecule is COC[C@]1(O)CCN(Cc2cnn(-c3cccc(C)c3)c2)CC1(C)C. The molecule has 25 heavy (non-hydrogen) atoms. The monoisotopic (exact) mass is 343 g/mol. The van der Waals surface area contributed by atoms with Gasteiger partial charge in [0.2, 0.25) is 0 Å². The van der Waals surface area contributed by atoms with Gasteiger partial charge < -0.3 is 9.84 Å². The summed E-state index contributed by atoms with van der Waals surface area (Å²) in [4.78, 5) is 2.39. The highest BCUT2D eigenvalue weighted by Gasteiger charge is 2.47. The molecule has 1 atom stereocenters. The van der Waals surface area contributed by atoms with E-state index in [1.807, 2.05) is 10.9 Å². The van der Waals surface area contributed by atoms with E-state index in [0.717, 1.165) is 31.7 Å². The van der Waals surface area contributed by atoms with Crippen molar-refractivity contribution >= 4 is 0 Å². The van der Waals surface area contributed by atoms with Crippen molar-refractivity contribution in [3.63, 3.8) is 0 Å². The highest BCUT2D eigenvalue weighted by molar-refractivity contribution is 5.35. The molecule has 0 amide bonds. The van der Waals surface area contributed by atoms with Crippen molar-refractivity contribution in [1.82, 2.24) is 14.7 Å². The predicted molar refractivity (Wildman–Crippen MR) is 98.8 cm³/mol. The second-order valence-corrected chi connectivity index (χ2v) is 7.94. The topological polar surface area (TPSA) is 50.5 Å². The third-order valence-electron chi connectivity index (χ3n) is 5.41. The molecule has 5 heteroatoms. The van der Waals surface area contributed by atoms with Crippen molar-refractivity contribution in [1.29, 1.82) is 0 Å². The van der Waals surface area contributed by atoms with Crippen molar-refractivity contribution in [2.24, 2.45) is 5.41 Å². The van der Waals surface area contributed by atoms with Gasteiger partial charge in [-0.2, -0.15) is 5.10 Å². The fraction of sp³-hybridized carbons (Fsp3) is 0.550. The van der Waals surface area contributed by atoms with E-state index in [1.165, 1.54) is 11.1 Å². The third-order valence-corrected chi connectivity index (χ3v) is 5.41. The summed E-state index contributed by atoms with van der Waals surface area (Å²) >= 11 is 0. The Labute approximate surface area is 150 Å². The lowest BCUT2D eigenvalue weighted by Crippen LogP contribution is -2.59. The van der Waals surface area contributed by atoms with Gasteiger partial charge in [-0.1, -0.05) is 26.0 Å². The van der Waals surface area contributed by atoms with Gasteiger partial charge in [-0.25, -0.2) is 4.68 Å². The van der Waals surface area contributed by atoms with Gasteiger partial charge in [0.15, 0.2) is 0 Å². The summed E-state index contributed by atoms with van der Waals surface area (Å²) in [7, 11) is 1.65. The molecule has 1 aromatic heterocycles. The Morgan fingerprint density at radius 3 is 2.80 bits per heavy atom. The second kappa shape index (κ2) is 6.90. The Kier molecular flexibility index (Phi) is 5.00. The molecule has 0 aliphatic carbocycles. The van der Waals surface area contributed by atoms with Gasteiger partial charge in [0, 0.05) is 43.9 Å². The molecule has 2 aromatic rings. The van der Waals surface area contributed by atoms with Crippen LogP contribution in [-0.2, 0) is 11.3 Å². The molecule has 0 spiro atoms. The maximum absolute atomic E-state index is 10.9. The van der Waals surface area contributed by atoms with Gasteiger partial charge in [-0.3, -0.25) is 4.90 Å². The highest BCUT2D eigenvalue weighted by Crippen LogP contribution is 2.39. The Bertz CT molecular complexity index is 725. The van der Waals surface area contributed by atoms with Crippen molar-refractivity contribution in [3.8, 4) is 5.69 Å². The van der Waals surface area contributed by atoms with Crippen molar-refractivity contribution in [2.45, 2.75) is 39.3 Å². The Balaban J connectivity index is 1.68. The van der Waals surface area contributed by atoms with E-state index in [9.17, 15) is 5.11 Å². The van der Waals surface area contributed by atoms with Crippen LogP contribution in [0.3, 0.4) is 0 Å². The van der Waals surface area contributed by atoms with E-state index in [-0.39, 0.29) is 5.41 Å². The molecule has 136 valence electrons. The van der Waals surface area contributed by atoms with Crippen LogP contribution in [0.15, 0.2) is 36.7 Å². The van der Waals surface area contributed by atoms with Gasteiger partial charge >= 0.3 is 0 Å². The first-order valence-electron chi connectivity index (χ1n) is 8.87. The van der Waals surface area contributed by atoms with Crippen LogP contribution in [0, 0.1) is 12.3 Å². The summed E-state index contributed by atoms with van der Waals surface area (Å²) in [5.74, 6) is 0. The summed E-state index contributed by atoms with van der Waals surface area (Å²) < 4.78 is 7.18. The molecule has 1 fully saturated rings. The Morgan fingerprint density at radius 1 is 1.32 bits per heavy atom. The zero-order valence-electron chi connectivity index (χ0n) is 15.7. The molecule has 5 nitrogen and oxygen atoms in total. The standard InChI is InChI=1S/C20H29N3O2/c1-16-6-5-7-18(10-16)23-13-17(11-21-23)12-22-9-8-20(24,15-25-4)19(2,3)14-22/h5-7,10-11,13,24H,8-9,12,14-15H2,1-4H3/t20-/m1/s1.